The smallest absolute Gasteiger partial charge is 0.316 e. The van der Waals surface area contributed by atoms with Crippen molar-refractivity contribution in [3.63, 3.8) is 0 Å². The summed E-state index contributed by atoms with van der Waals surface area (Å²) in [7, 11) is 1.31. The molecule has 0 radical (unpaired) electrons. The van der Waals surface area contributed by atoms with Gasteiger partial charge in [0.25, 0.3) is 0 Å². The fourth-order valence-corrected chi connectivity index (χ4v) is 1.54. The molecule has 0 spiro atoms. The maximum atomic E-state index is 11.9. The molecule has 4 nitrogen and oxygen atoms in total. The molecular weight excluding hydrogens is 208 g/mol. The molecule has 0 saturated heterocycles. The summed E-state index contributed by atoms with van der Waals surface area (Å²) in [5.74, 6) is -1.31. The molecule has 0 aliphatic carbocycles. The molecule has 16 heavy (non-hydrogen) atoms. The lowest BCUT2D eigenvalue weighted by molar-refractivity contribution is -0.153. The Morgan fingerprint density at radius 2 is 1.88 bits per heavy atom. The van der Waals surface area contributed by atoms with Crippen molar-refractivity contribution >= 4 is 11.8 Å². The fraction of sp³-hybridized carbons (Fsp3) is 0.833. The van der Waals surface area contributed by atoms with Crippen molar-refractivity contribution in [3.8, 4) is 0 Å². The summed E-state index contributed by atoms with van der Waals surface area (Å²) in [4.78, 5) is 23.4. The monoisotopic (exact) mass is 230 g/mol. The van der Waals surface area contributed by atoms with Gasteiger partial charge >= 0.3 is 5.97 Å². The third-order valence-corrected chi connectivity index (χ3v) is 2.49. The Balaban J connectivity index is 4.48. The average Bonchev–Trinajstić information content (AvgIpc) is 2.29. The molecule has 0 aliphatic rings. The Labute approximate surface area is 97.3 Å². The second-order valence-electron chi connectivity index (χ2n) is 3.72. The SMILES string of the molecule is CCCCC(C(=O)OC)C(=O)C(C)OCC. The highest BCUT2D eigenvalue weighted by Crippen LogP contribution is 2.15. The molecule has 0 aromatic carbocycles. The van der Waals surface area contributed by atoms with Crippen molar-refractivity contribution in [2.45, 2.75) is 46.1 Å². The number of carbonyl (C=O) groups excluding carboxylic acids is 2. The maximum Gasteiger partial charge on any atom is 0.316 e. The van der Waals surface area contributed by atoms with E-state index < -0.39 is 18.0 Å². The van der Waals surface area contributed by atoms with Crippen LogP contribution in [0.15, 0.2) is 0 Å². The molecular formula is C12H22O4. The molecule has 2 atom stereocenters. The molecule has 0 aromatic heterocycles. The minimum absolute atomic E-state index is 0.179. The molecule has 0 bridgehead atoms. The van der Waals surface area contributed by atoms with Gasteiger partial charge in [0.05, 0.1) is 7.11 Å². The van der Waals surface area contributed by atoms with Crippen LogP contribution in [0.3, 0.4) is 0 Å². The highest BCUT2D eigenvalue weighted by atomic mass is 16.5. The zero-order valence-electron chi connectivity index (χ0n) is 10.6. The summed E-state index contributed by atoms with van der Waals surface area (Å²) in [6, 6.07) is 0. The average molecular weight is 230 g/mol. The number of esters is 1. The first-order valence-corrected chi connectivity index (χ1v) is 5.81. The van der Waals surface area contributed by atoms with E-state index >= 15 is 0 Å². The van der Waals surface area contributed by atoms with Crippen LogP contribution in [0.25, 0.3) is 0 Å². The van der Waals surface area contributed by atoms with Gasteiger partial charge in [0.1, 0.15) is 12.0 Å². The van der Waals surface area contributed by atoms with Crippen LogP contribution in [0.1, 0.15) is 40.0 Å². The van der Waals surface area contributed by atoms with E-state index in [0.717, 1.165) is 12.8 Å². The van der Waals surface area contributed by atoms with Crippen LogP contribution in [0.5, 0.6) is 0 Å². The van der Waals surface area contributed by atoms with Crippen molar-refractivity contribution in [3.05, 3.63) is 0 Å². The number of ketones is 1. The molecule has 0 aromatic rings. The molecule has 4 heteroatoms. The van der Waals surface area contributed by atoms with E-state index in [0.29, 0.717) is 13.0 Å². The van der Waals surface area contributed by atoms with E-state index in [1.165, 1.54) is 7.11 Å². The lowest BCUT2D eigenvalue weighted by Gasteiger charge is -2.17. The van der Waals surface area contributed by atoms with E-state index in [1.807, 2.05) is 13.8 Å². The van der Waals surface area contributed by atoms with Gasteiger partial charge in [-0.05, 0) is 20.3 Å². The summed E-state index contributed by atoms with van der Waals surface area (Å²) in [6.45, 7) is 5.98. The number of hydrogen-bond donors (Lipinski definition) is 0. The first-order valence-electron chi connectivity index (χ1n) is 5.81. The normalized spacial score (nSPS) is 14.2. The predicted molar refractivity (Wildman–Crippen MR) is 61.1 cm³/mol. The molecule has 0 saturated carbocycles. The van der Waals surface area contributed by atoms with Crippen LogP contribution in [0, 0.1) is 5.92 Å². The summed E-state index contributed by atoms with van der Waals surface area (Å²) in [5.41, 5.74) is 0. The Kier molecular flexibility index (Phi) is 7.81. The maximum absolute atomic E-state index is 11.9. The van der Waals surface area contributed by atoms with Gasteiger partial charge in [-0.2, -0.15) is 0 Å². The Hall–Kier alpha value is -0.900. The minimum atomic E-state index is -0.675. The fourth-order valence-electron chi connectivity index (χ4n) is 1.54. The van der Waals surface area contributed by atoms with Crippen molar-refractivity contribution < 1.29 is 19.1 Å². The number of carbonyl (C=O) groups is 2. The predicted octanol–water partition coefficient (Wildman–Crippen LogP) is 1.96. The number of rotatable bonds is 8. The molecule has 0 fully saturated rings. The lowest BCUT2D eigenvalue weighted by atomic mass is 9.94. The van der Waals surface area contributed by atoms with Gasteiger partial charge in [-0.15, -0.1) is 0 Å². The zero-order valence-corrected chi connectivity index (χ0v) is 10.6. The number of methoxy groups -OCH3 is 1. The van der Waals surface area contributed by atoms with E-state index in [-0.39, 0.29) is 5.78 Å². The van der Waals surface area contributed by atoms with Crippen molar-refractivity contribution in [1.29, 1.82) is 0 Å². The second kappa shape index (κ2) is 8.28. The molecule has 0 N–H and O–H groups in total. The number of unbranched alkanes of at least 4 members (excludes halogenated alkanes) is 1. The first-order chi connectivity index (χ1) is 7.58. The van der Waals surface area contributed by atoms with E-state index in [4.69, 9.17) is 4.74 Å². The van der Waals surface area contributed by atoms with Gasteiger partial charge in [-0.25, -0.2) is 0 Å². The highest BCUT2D eigenvalue weighted by Gasteiger charge is 2.30. The molecule has 0 rings (SSSR count). The van der Waals surface area contributed by atoms with Gasteiger partial charge in [-0.3, -0.25) is 9.59 Å². The summed E-state index contributed by atoms with van der Waals surface area (Å²) in [6.07, 6.45) is 1.79. The lowest BCUT2D eigenvalue weighted by Crippen LogP contribution is -2.34. The zero-order chi connectivity index (χ0) is 12.6. The van der Waals surface area contributed by atoms with Gasteiger partial charge in [-0.1, -0.05) is 19.8 Å². The topological polar surface area (TPSA) is 52.6 Å². The van der Waals surface area contributed by atoms with Crippen molar-refractivity contribution in [2.75, 3.05) is 13.7 Å². The molecule has 0 aliphatic heterocycles. The van der Waals surface area contributed by atoms with Crippen LogP contribution in [-0.4, -0.2) is 31.6 Å². The van der Waals surface area contributed by atoms with Crippen LogP contribution >= 0.6 is 0 Å². The number of ether oxygens (including phenoxy) is 2. The van der Waals surface area contributed by atoms with E-state index in [2.05, 4.69) is 4.74 Å². The van der Waals surface area contributed by atoms with Crippen LogP contribution in [0.2, 0.25) is 0 Å². The van der Waals surface area contributed by atoms with Gasteiger partial charge in [0, 0.05) is 6.61 Å². The molecule has 0 heterocycles. The summed E-state index contributed by atoms with van der Waals surface area (Å²) >= 11 is 0. The van der Waals surface area contributed by atoms with E-state index in [1.54, 1.807) is 6.92 Å². The Bertz CT molecular complexity index is 225. The van der Waals surface area contributed by atoms with Crippen LogP contribution < -0.4 is 0 Å². The van der Waals surface area contributed by atoms with Gasteiger partial charge < -0.3 is 9.47 Å². The van der Waals surface area contributed by atoms with Crippen molar-refractivity contribution in [1.82, 2.24) is 0 Å². The second-order valence-corrected chi connectivity index (χ2v) is 3.72. The summed E-state index contributed by atoms with van der Waals surface area (Å²) in [5, 5.41) is 0. The van der Waals surface area contributed by atoms with Gasteiger partial charge in [0.2, 0.25) is 0 Å². The largest absolute Gasteiger partial charge is 0.468 e. The highest BCUT2D eigenvalue weighted by molar-refractivity contribution is 6.01. The molecule has 0 amide bonds. The van der Waals surface area contributed by atoms with Gasteiger partial charge in [0.15, 0.2) is 5.78 Å². The third-order valence-electron chi connectivity index (χ3n) is 2.49. The minimum Gasteiger partial charge on any atom is -0.468 e. The standard InChI is InChI=1S/C12H22O4/c1-5-7-8-10(12(14)15-4)11(13)9(3)16-6-2/h9-10H,5-8H2,1-4H3. The molecule has 94 valence electrons. The quantitative estimate of drug-likeness (QED) is 0.472. The van der Waals surface area contributed by atoms with Crippen molar-refractivity contribution in [2.24, 2.45) is 5.92 Å². The Morgan fingerprint density at radius 1 is 1.25 bits per heavy atom. The summed E-state index contributed by atoms with van der Waals surface area (Å²) < 4.78 is 9.85. The number of Topliss-reactive ketones (excluding diaryl/α,β-unsaturated/α-hetero) is 1. The van der Waals surface area contributed by atoms with E-state index in [9.17, 15) is 9.59 Å². The number of hydrogen-bond acceptors (Lipinski definition) is 4. The van der Waals surface area contributed by atoms with Crippen LogP contribution in [0.4, 0.5) is 0 Å². The third kappa shape index (κ3) is 4.75. The van der Waals surface area contributed by atoms with Crippen LogP contribution in [-0.2, 0) is 19.1 Å². The first kappa shape index (κ1) is 15.1. The molecule has 2 unspecified atom stereocenters. The Morgan fingerprint density at radius 3 is 2.31 bits per heavy atom.